The van der Waals surface area contributed by atoms with Crippen LogP contribution in [0.15, 0.2) is 40.1 Å². The fourth-order valence-corrected chi connectivity index (χ4v) is 3.33. The monoisotopic (exact) mass is 341 g/mol. The number of ether oxygens (including phenoxy) is 1. The minimum absolute atomic E-state index is 0.0123. The molecule has 0 radical (unpaired) electrons. The molecule has 0 bridgehead atoms. The van der Waals surface area contributed by atoms with E-state index in [1.807, 2.05) is 37.3 Å². The van der Waals surface area contributed by atoms with Crippen LogP contribution in [0.3, 0.4) is 0 Å². The Morgan fingerprint density at radius 2 is 1.96 bits per heavy atom. The molecule has 2 aromatic rings. The van der Waals surface area contributed by atoms with Crippen LogP contribution in [-0.4, -0.2) is 34.6 Å². The van der Waals surface area contributed by atoms with E-state index in [9.17, 15) is 9.59 Å². The topological polar surface area (TPSA) is 76.5 Å². The van der Waals surface area contributed by atoms with E-state index in [2.05, 4.69) is 5.10 Å². The smallest absolute Gasteiger partial charge is 0.311 e. The lowest BCUT2D eigenvalue weighted by molar-refractivity contribution is -0.139. The summed E-state index contributed by atoms with van der Waals surface area (Å²) in [4.78, 5) is 29.5. The second-order valence-corrected chi connectivity index (χ2v) is 6.35. The van der Waals surface area contributed by atoms with Gasteiger partial charge in [0.25, 0.3) is 5.56 Å². The van der Waals surface area contributed by atoms with Crippen LogP contribution in [0, 0.1) is 0 Å². The highest BCUT2D eigenvalue weighted by molar-refractivity contribution is 6.00. The maximum atomic E-state index is 13.0. The van der Waals surface area contributed by atoms with Crippen LogP contribution in [0.25, 0.3) is 5.69 Å². The summed E-state index contributed by atoms with van der Waals surface area (Å²) in [7, 11) is 1.34. The predicted molar refractivity (Wildman–Crippen MR) is 96.6 cm³/mol. The molecular formula is C19H23N3O3. The summed E-state index contributed by atoms with van der Waals surface area (Å²) in [6.07, 6.45) is 4.48. The zero-order valence-corrected chi connectivity index (χ0v) is 14.6. The van der Waals surface area contributed by atoms with Crippen molar-refractivity contribution in [2.75, 3.05) is 7.11 Å². The molecule has 0 atom stereocenters. The van der Waals surface area contributed by atoms with E-state index in [0.29, 0.717) is 17.0 Å². The van der Waals surface area contributed by atoms with E-state index >= 15 is 0 Å². The van der Waals surface area contributed by atoms with Gasteiger partial charge in [-0.25, -0.2) is 4.68 Å². The molecule has 132 valence electrons. The third-order valence-corrected chi connectivity index (χ3v) is 4.59. The summed E-state index contributed by atoms with van der Waals surface area (Å²) >= 11 is 0. The molecule has 1 saturated carbocycles. The van der Waals surface area contributed by atoms with Crippen LogP contribution in [0.4, 0.5) is 0 Å². The second kappa shape index (κ2) is 7.51. The molecule has 1 aromatic carbocycles. The van der Waals surface area contributed by atoms with E-state index in [0.717, 1.165) is 18.5 Å². The Bertz CT molecular complexity index is 827. The van der Waals surface area contributed by atoms with Gasteiger partial charge in [-0.05, 0) is 31.9 Å². The molecule has 1 fully saturated rings. The summed E-state index contributed by atoms with van der Waals surface area (Å²) in [5.74, 6) is -0.392. The minimum atomic E-state index is -0.392. The van der Waals surface area contributed by atoms with Crippen molar-refractivity contribution < 1.29 is 9.53 Å². The van der Waals surface area contributed by atoms with Gasteiger partial charge in [0.15, 0.2) is 0 Å². The van der Waals surface area contributed by atoms with Crippen molar-refractivity contribution >= 4 is 11.7 Å². The number of nitrogens with one attached hydrogen (secondary N) is 1. The Balaban J connectivity index is 2.06. The lowest BCUT2D eigenvalue weighted by atomic mass is 10.1. The lowest BCUT2D eigenvalue weighted by Gasteiger charge is -2.05. The first-order valence-corrected chi connectivity index (χ1v) is 8.61. The Hall–Kier alpha value is -2.63. The number of carbonyl (C=O) groups excluding carboxylic acids is 1. The number of nitrogens with zero attached hydrogens (tertiary/aromatic N) is 2. The molecule has 0 unspecified atom stereocenters. The number of aromatic amines is 1. The highest BCUT2D eigenvalue weighted by Gasteiger charge is 2.22. The highest BCUT2D eigenvalue weighted by atomic mass is 16.5. The molecule has 0 spiro atoms. The number of aliphatic imine (C=N–C) groups is 1. The number of hydrogen-bond donors (Lipinski definition) is 1. The predicted octanol–water partition coefficient (Wildman–Crippen LogP) is 2.63. The number of rotatable bonds is 5. The summed E-state index contributed by atoms with van der Waals surface area (Å²) in [6.45, 7) is 1.85. The minimum Gasteiger partial charge on any atom is -0.469 e. The van der Waals surface area contributed by atoms with Gasteiger partial charge in [-0.3, -0.25) is 19.7 Å². The quantitative estimate of drug-likeness (QED) is 0.671. The van der Waals surface area contributed by atoms with Gasteiger partial charge in [-0.2, -0.15) is 0 Å². The number of esters is 1. The normalized spacial score (nSPS) is 15.5. The molecule has 6 nitrogen and oxygen atoms in total. The molecule has 0 saturated heterocycles. The molecule has 1 aliphatic rings. The number of H-pyrrole nitrogens is 1. The average Bonchev–Trinajstić information content (AvgIpc) is 3.23. The number of aromatic nitrogens is 2. The Morgan fingerprint density at radius 3 is 2.60 bits per heavy atom. The molecular weight excluding hydrogens is 318 g/mol. The average molecular weight is 341 g/mol. The molecule has 25 heavy (non-hydrogen) atoms. The van der Waals surface area contributed by atoms with E-state index in [4.69, 9.17) is 9.73 Å². The van der Waals surface area contributed by atoms with Crippen molar-refractivity contribution in [3.63, 3.8) is 0 Å². The van der Waals surface area contributed by atoms with Crippen molar-refractivity contribution in [3.05, 3.63) is 51.9 Å². The number of carbonyl (C=O) groups is 1. The van der Waals surface area contributed by atoms with Gasteiger partial charge in [0.2, 0.25) is 0 Å². The van der Waals surface area contributed by atoms with E-state index in [1.165, 1.54) is 24.6 Å². The zero-order chi connectivity index (χ0) is 17.8. The first-order chi connectivity index (χ1) is 12.1. The third-order valence-electron chi connectivity index (χ3n) is 4.59. The van der Waals surface area contributed by atoms with E-state index in [1.54, 1.807) is 0 Å². The SMILES string of the molecule is COC(=O)Cc1[nH]n(-c2ccccc2)c(=O)c1C(C)=NC1CCCC1. The van der Waals surface area contributed by atoms with Crippen LogP contribution in [-0.2, 0) is 16.0 Å². The van der Waals surface area contributed by atoms with Crippen LogP contribution >= 0.6 is 0 Å². The number of methoxy groups -OCH3 is 1. The van der Waals surface area contributed by atoms with E-state index < -0.39 is 5.97 Å². The van der Waals surface area contributed by atoms with Crippen LogP contribution in [0.2, 0.25) is 0 Å². The third kappa shape index (κ3) is 3.73. The molecule has 3 rings (SSSR count). The Kier molecular flexibility index (Phi) is 5.16. The van der Waals surface area contributed by atoms with Crippen molar-refractivity contribution in [2.45, 2.75) is 45.1 Å². The van der Waals surface area contributed by atoms with Gasteiger partial charge in [0.1, 0.15) is 0 Å². The maximum absolute atomic E-state index is 13.0. The van der Waals surface area contributed by atoms with Gasteiger partial charge >= 0.3 is 5.97 Å². The van der Waals surface area contributed by atoms with Gasteiger partial charge in [-0.15, -0.1) is 0 Å². The fourth-order valence-electron chi connectivity index (χ4n) is 3.33. The summed E-state index contributed by atoms with van der Waals surface area (Å²) in [5, 5.41) is 3.06. The first kappa shape index (κ1) is 17.2. The van der Waals surface area contributed by atoms with Gasteiger partial charge < -0.3 is 4.74 Å². The first-order valence-electron chi connectivity index (χ1n) is 8.61. The van der Waals surface area contributed by atoms with Gasteiger partial charge in [0, 0.05) is 5.71 Å². The largest absolute Gasteiger partial charge is 0.469 e. The highest BCUT2D eigenvalue weighted by Crippen LogP contribution is 2.22. The number of para-hydroxylation sites is 1. The fraction of sp³-hybridized carbons (Fsp3) is 0.421. The Morgan fingerprint density at radius 1 is 1.28 bits per heavy atom. The molecule has 1 aliphatic carbocycles. The van der Waals surface area contributed by atoms with Crippen molar-refractivity contribution in [1.82, 2.24) is 9.78 Å². The molecule has 1 N–H and O–H groups in total. The standard InChI is InChI=1S/C19H23N3O3/c1-13(20-14-8-6-7-9-14)18-16(12-17(23)25-2)21-22(19(18)24)15-10-4-3-5-11-15/h3-5,10-11,14,21H,6-9,12H2,1-2H3. The Labute approximate surface area is 146 Å². The molecule has 1 aromatic heterocycles. The number of benzene rings is 1. The van der Waals surface area contributed by atoms with Crippen molar-refractivity contribution in [2.24, 2.45) is 4.99 Å². The molecule has 0 aliphatic heterocycles. The second-order valence-electron chi connectivity index (χ2n) is 6.35. The molecule has 1 heterocycles. The van der Waals surface area contributed by atoms with Crippen molar-refractivity contribution in [1.29, 1.82) is 0 Å². The van der Waals surface area contributed by atoms with E-state index in [-0.39, 0.29) is 18.0 Å². The zero-order valence-electron chi connectivity index (χ0n) is 14.6. The van der Waals surface area contributed by atoms with Gasteiger partial charge in [0.05, 0.1) is 36.5 Å². The maximum Gasteiger partial charge on any atom is 0.311 e. The lowest BCUT2D eigenvalue weighted by Crippen LogP contribution is -2.20. The van der Waals surface area contributed by atoms with Gasteiger partial charge in [-0.1, -0.05) is 31.0 Å². The molecule has 0 amide bonds. The van der Waals surface area contributed by atoms with Crippen LogP contribution in [0.1, 0.15) is 43.9 Å². The van der Waals surface area contributed by atoms with Crippen molar-refractivity contribution in [3.8, 4) is 5.69 Å². The summed E-state index contributed by atoms with van der Waals surface area (Å²) in [6, 6.07) is 9.56. The van der Waals surface area contributed by atoms with Crippen LogP contribution in [0.5, 0.6) is 0 Å². The summed E-state index contributed by atoms with van der Waals surface area (Å²) in [5.41, 5.74) is 2.23. The molecule has 6 heteroatoms. The van der Waals surface area contributed by atoms with Crippen LogP contribution < -0.4 is 5.56 Å². The number of hydrogen-bond acceptors (Lipinski definition) is 4. The summed E-state index contributed by atoms with van der Waals surface area (Å²) < 4.78 is 6.23.